The molecule has 1 rings (SSSR count). The van der Waals surface area contributed by atoms with E-state index in [1.54, 1.807) is 6.07 Å². The fourth-order valence-electron chi connectivity index (χ4n) is 1.10. The summed E-state index contributed by atoms with van der Waals surface area (Å²) in [4.78, 5) is 4.33. The lowest BCUT2D eigenvalue weighted by molar-refractivity contribution is 1.38. The molecule has 0 radical (unpaired) electrons. The summed E-state index contributed by atoms with van der Waals surface area (Å²) in [5.41, 5.74) is 15.4. The summed E-state index contributed by atoms with van der Waals surface area (Å²) in [7, 11) is 0. The molecule has 13 heavy (non-hydrogen) atoms. The number of hydrogen-bond donors (Lipinski definition) is 2. The molecule has 70 valence electrons. The maximum Gasteiger partial charge on any atom is 0.0908 e. The van der Waals surface area contributed by atoms with Crippen molar-refractivity contribution in [1.29, 1.82) is 0 Å². The van der Waals surface area contributed by atoms with Crippen molar-refractivity contribution < 1.29 is 0 Å². The van der Waals surface area contributed by atoms with E-state index in [9.17, 15) is 0 Å². The molecule has 0 aliphatic heterocycles. The Morgan fingerprint density at radius 3 is 2.38 bits per heavy atom. The van der Waals surface area contributed by atoms with Crippen LogP contribution in [0.1, 0.15) is 19.4 Å². The molecule has 0 spiro atoms. The molecule has 0 aromatic heterocycles. The van der Waals surface area contributed by atoms with E-state index in [4.69, 9.17) is 11.5 Å². The van der Waals surface area contributed by atoms with Gasteiger partial charge >= 0.3 is 0 Å². The van der Waals surface area contributed by atoms with Gasteiger partial charge in [-0.05, 0) is 32.4 Å². The highest BCUT2D eigenvalue weighted by atomic mass is 14.8. The van der Waals surface area contributed by atoms with Crippen LogP contribution in [-0.2, 0) is 0 Å². The molecule has 0 atom stereocenters. The molecule has 1 aromatic rings. The van der Waals surface area contributed by atoms with Gasteiger partial charge in [-0.1, -0.05) is 6.07 Å². The maximum absolute atomic E-state index is 5.80. The van der Waals surface area contributed by atoms with Crippen molar-refractivity contribution in [3.63, 3.8) is 0 Å². The number of aryl methyl sites for hydroxylation is 1. The zero-order chi connectivity index (χ0) is 10.0. The average molecular weight is 177 g/mol. The molecule has 3 nitrogen and oxygen atoms in total. The Morgan fingerprint density at radius 2 is 1.85 bits per heavy atom. The molecule has 0 heterocycles. The predicted octanol–water partition coefficient (Wildman–Crippen LogP) is 2.27. The van der Waals surface area contributed by atoms with Crippen molar-refractivity contribution in [2.75, 3.05) is 11.5 Å². The van der Waals surface area contributed by atoms with Crippen molar-refractivity contribution in [1.82, 2.24) is 0 Å². The fraction of sp³-hybridized carbons (Fsp3) is 0.300. The smallest absolute Gasteiger partial charge is 0.0908 e. The van der Waals surface area contributed by atoms with E-state index in [1.165, 1.54) is 0 Å². The second kappa shape index (κ2) is 3.47. The standard InChI is InChI=1S/C10H15N3/c1-6(2)13-10-7(3)4-5-8(11)9(10)12/h4-5H,11-12H2,1-3H3. The SMILES string of the molecule is CC(C)=Nc1c(C)ccc(N)c1N. The summed E-state index contributed by atoms with van der Waals surface area (Å²) < 4.78 is 0. The monoisotopic (exact) mass is 177 g/mol. The van der Waals surface area contributed by atoms with E-state index in [1.807, 2.05) is 26.8 Å². The van der Waals surface area contributed by atoms with E-state index in [2.05, 4.69) is 4.99 Å². The van der Waals surface area contributed by atoms with Crippen LogP contribution in [0.2, 0.25) is 0 Å². The Hall–Kier alpha value is -1.51. The van der Waals surface area contributed by atoms with E-state index in [0.29, 0.717) is 11.4 Å². The summed E-state index contributed by atoms with van der Waals surface area (Å²) in [6, 6.07) is 3.72. The first-order valence-electron chi connectivity index (χ1n) is 4.19. The molecule has 0 fully saturated rings. The van der Waals surface area contributed by atoms with Gasteiger partial charge in [0.15, 0.2) is 0 Å². The zero-order valence-electron chi connectivity index (χ0n) is 8.26. The lowest BCUT2D eigenvalue weighted by Gasteiger charge is -2.07. The van der Waals surface area contributed by atoms with Gasteiger partial charge in [0.1, 0.15) is 0 Å². The highest BCUT2D eigenvalue weighted by Gasteiger charge is 2.04. The van der Waals surface area contributed by atoms with Gasteiger partial charge in [0.2, 0.25) is 0 Å². The minimum Gasteiger partial charge on any atom is -0.397 e. The highest BCUT2D eigenvalue weighted by molar-refractivity contribution is 5.88. The molecule has 1 aromatic carbocycles. The zero-order valence-corrected chi connectivity index (χ0v) is 8.26. The van der Waals surface area contributed by atoms with Crippen LogP contribution in [0.25, 0.3) is 0 Å². The summed E-state index contributed by atoms with van der Waals surface area (Å²) in [6.07, 6.45) is 0. The Bertz CT molecular complexity index is 349. The number of nitrogens with two attached hydrogens (primary N) is 2. The summed E-state index contributed by atoms with van der Waals surface area (Å²) in [5, 5.41) is 0. The third-order valence-corrected chi connectivity index (χ3v) is 1.79. The van der Waals surface area contributed by atoms with Crippen molar-refractivity contribution in [3.05, 3.63) is 17.7 Å². The van der Waals surface area contributed by atoms with Crippen LogP contribution in [0, 0.1) is 6.92 Å². The van der Waals surface area contributed by atoms with Crippen LogP contribution in [-0.4, -0.2) is 5.71 Å². The van der Waals surface area contributed by atoms with Gasteiger partial charge in [0, 0.05) is 5.71 Å². The Morgan fingerprint density at radius 1 is 1.23 bits per heavy atom. The van der Waals surface area contributed by atoms with Gasteiger partial charge in [-0.2, -0.15) is 0 Å². The van der Waals surface area contributed by atoms with Gasteiger partial charge in [-0.3, -0.25) is 4.99 Å². The van der Waals surface area contributed by atoms with E-state index in [-0.39, 0.29) is 0 Å². The summed E-state index contributed by atoms with van der Waals surface area (Å²) in [6.45, 7) is 5.84. The molecule has 0 amide bonds. The van der Waals surface area contributed by atoms with Crippen LogP contribution in [0.4, 0.5) is 17.1 Å². The number of anilines is 2. The van der Waals surface area contributed by atoms with Crippen LogP contribution in [0.5, 0.6) is 0 Å². The summed E-state index contributed by atoms with van der Waals surface area (Å²) in [5.74, 6) is 0. The predicted molar refractivity (Wildman–Crippen MR) is 58.4 cm³/mol. The minimum absolute atomic E-state index is 0.571. The number of aliphatic imine (C=N–C) groups is 1. The van der Waals surface area contributed by atoms with Crippen LogP contribution in [0.15, 0.2) is 17.1 Å². The molecule has 0 bridgehead atoms. The van der Waals surface area contributed by atoms with Crippen LogP contribution < -0.4 is 11.5 Å². The maximum atomic E-state index is 5.80. The molecule has 0 saturated carbocycles. The third kappa shape index (κ3) is 1.99. The molecule has 0 aliphatic rings. The number of benzene rings is 1. The highest BCUT2D eigenvalue weighted by Crippen LogP contribution is 2.31. The van der Waals surface area contributed by atoms with Crippen LogP contribution >= 0.6 is 0 Å². The molecule has 0 aliphatic carbocycles. The van der Waals surface area contributed by atoms with E-state index in [0.717, 1.165) is 17.0 Å². The Labute approximate surface area is 78.5 Å². The molecular formula is C10H15N3. The quantitative estimate of drug-likeness (QED) is 0.510. The number of nitrogens with zero attached hydrogens (tertiary/aromatic N) is 1. The van der Waals surface area contributed by atoms with Gasteiger partial charge in [-0.25, -0.2) is 0 Å². The van der Waals surface area contributed by atoms with Crippen molar-refractivity contribution in [3.8, 4) is 0 Å². The van der Waals surface area contributed by atoms with E-state index < -0.39 is 0 Å². The van der Waals surface area contributed by atoms with Gasteiger partial charge < -0.3 is 11.5 Å². The summed E-state index contributed by atoms with van der Waals surface area (Å²) >= 11 is 0. The largest absolute Gasteiger partial charge is 0.397 e. The number of rotatable bonds is 1. The first-order valence-corrected chi connectivity index (χ1v) is 4.19. The second-order valence-corrected chi connectivity index (χ2v) is 3.29. The Balaban J connectivity index is 3.34. The Kier molecular flexibility index (Phi) is 2.56. The second-order valence-electron chi connectivity index (χ2n) is 3.29. The normalized spacial score (nSPS) is 9.77. The fourth-order valence-corrected chi connectivity index (χ4v) is 1.10. The van der Waals surface area contributed by atoms with Crippen molar-refractivity contribution >= 4 is 22.8 Å². The van der Waals surface area contributed by atoms with Gasteiger partial charge in [0.05, 0.1) is 17.1 Å². The van der Waals surface area contributed by atoms with Crippen LogP contribution in [0.3, 0.4) is 0 Å². The molecule has 4 N–H and O–H groups in total. The lowest BCUT2D eigenvalue weighted by Crippen LogP contribution is -1.96. The minimum atomic E-state index is 0.571. The average Bonchev–Trinajstić information content (AvgIpc) is 2.05. The first-order chi connectivity index (χ1) is 6.02. The molecule has 3 heteroatoms. The van der Waals surface area contributed by atoms with Gasteiger partial charge in [0.25, 0.3) is 0 Å². The number of nitrogen functional groups attached to an aromatic ring is 2. The first kappa shape index (κ1) is 9.58. The van der Waals surface area contributed by atoms with Crippen molar-refractivity contribution in [2.45, 2.75) is 20.8 Å². The van der Waals surface area contributed by atoms with Crippen molar-refractivity contribution in [2.24, 2.45) is 4.99 Å². The topological polar surface area (TPSA) is 64.4 Å². The van der Waals surface area contributed by atoms with Gasteiger partial charge in [-0.15, -0.1) is 0 Å². The molecule has 0 unspecified atom stereocenters. The molecule has 0 saturated heterocycles. The lowest BCUT2D eigenvalue weighted by atomic mass is 10.1. The number of hydrogen-bond acceptors (Lipinski definition) is 3. The third-order valence-electron chi connectivity index (χ3n) is 1.79. The van der Waals surface area contributed by atoms with E-state index >= 15 is 0 Å². The molecular weight excluding hydrogens is 162 g/mol.